The van der Waals surface area contributed by atoms with Crippen molar-refractivity contribution in [1.82, 2.24) is 0 Å². The second-order valence-electron chi connectivity index (χ2n) is 2.86. The van der Waals surface area contributed by atoms with E-state index in [2.05, 4.69) is 6.58 Å². The van der Waals surface area contributed by atoms with Crippen LogP contribution in [0.3, 0.4) is 0 Å². The van der Waals surface area contributed by atoms with Crippen LogP contribution in [0, 0.1) is 6.29 Å². The molecule has 2 nitrogen and oxygen atoms in total. The number of ether oxygens (including phenoxy) is 2. The molecule has 0 unspecified atom stereocenters. The first-order chi connectivity index (χ1) is 5.06. The molecule has 0 atom stereocenters. The minimum absolute atomic E-state index is 0.141. The summed E-state index contributed by atoms with van der Waals surface area (Å²) >= 11 is 0. The van der Waals surface area contributed by atoms with E-state index in [1.807, 2.05) is 27.7 Å². The summed E-state index contributed by atoms with van der Waals surface area (Å²) in [6, 6.07) is 0. The van der Waals surface area contributed by atoms with E-state index < -0.39 is 0 Å². The van der Waals surface area contributed by atoms with Crippen molar-refractivity contribution in [1.29, 1.82) is 0 Å². The van der Waals surface area contributed by atoms with Crippen molar-refractivity contribution in [3.63, 3.8) is 0 Å². The van der Waals surface area contributed by atoms with E-state index in [0.717, 1.165) is 0 Å². The van der Waals surface area contributed by atoms with Gasteiger partial charge in [0.1, 0.15) is 0 Å². The van der Waals surface area contributed by atoms with Gasteiger partial charge in [0.05, 0.1) is 12.2 Å². The first-order valence-electron chi connectivity index (χ1n) is 3.89. The maximum absolute atomic E-state index is 5.29. The molecule has 1 radical (unpaired) electrons. The fourth-order valence-corrected chi connectivity index (χ4v) is 0.589. The molecule has 0 N–H and O–H groups in total. The molecule has 0 bridgehead atoms. The molecule has 0 aliphatic carbocycles. The Balaban J connectivity index is 3.67. The van der Waals surface area contributed by atoms with E-state index in [9.17, 15) is 0 Å². The van der Waals surface area contributed by atoms with E-state index in [0.29, 0.717) is 6.29 Å². The normalized spacial score (nSPS) is 11.5. The third-order valence-corrected chi connectivity index (χ3v) is 0.870. The Kier molecular flexibility index (Phi) is 5.16. The van der Waals surface area contributed by atoms with E-state index >= 15 is 0 Å². The second kappa shape index (κ2) is 5.33. The second-order valence-corrected chi connectivity index (χ2v) is 2.86. The van der Waals surface area contributed by atoms with Crippen LogP contribution in [0.25, 0.3) is 0 Å². The zero-order valence-corrected chi connectivity index (χ0v) is 7.76. The number of hydrogen-bond acceptors (Lipinski definition) is 2. The van der Waals surface area contributed by atoms with Crippen LogP contribution in [0.15, 0.2) is 12.7 Å². The zero-order chi connectivity index (χ0) is 8.85. The highest BCUT2D eigenvalue weighted by Crippen LogP contribution is 2.11. The summed E-state index contributed by atoms with van der Waals surface area (Å²) in [6.45, 7) is 11.4. The van der Waals surface area contributed by atoms with E-state index in [1.54, 1.807) is 6.08 Å². The first kappa shape index (κ1) is 10.7. The lowest BCUT2D eigenvalue weighted by molar-refractivity contribution is -0.0692. The highest BCUT2D eigenvalue weighted by atomic mass is 16.7. The molecule has 0 saturated carbocycles. The van der Waals surface area contributed by atoms with Gasteiger partial charge in [0.25, 0.3) is 0 Å². The number of rotatable bonds is 5. The predicted octanol–water partition coefficient (Wildman–Crippen LogP) is 2.51. The first-order valence-corrected chi connectivity index (χ1v) is 3.89. The lowest BCUT2D eigenvalue weighted by Gasteiger charge is -2.17. The highest BCUT2D eigenvalue weighted by Gasteiger charge is 2.10. The standard InChI is InChI=1S/C9H17O2/c1-6-9(10-7(2)3)11-8(4)5/h6-8H,1H2,2-5H3. The van der Waals surface area contributed by atoms with Crippen molar-refractivity contribution < 1.29 is 9.47 Å². The van der Waals surface area contributed by atoms with Crippen LogP contribution < -0.4 is 0 Å². The van der Waals surface area contributed by atoms with Crippen LogP contribution in [0.1, 0.15) is 27.7 Å². The Morgan fingerprint density at radius 3 is 1.64 bits per heavy atom. The van der Waals surface area contributed by atoms with Gasteiger partial charge in [-0.2, -0.15) is 0 Å². The minimum Gasteiger partial charge on any atom is -0.339 e. The maximum Gasteiger partial charge on any atom is 0.248 e. The molecule has 0 saturated heterocycles. The van der Waals surface area contributed by atoms with E-state index in [-0.39, 0.29) is 12.2 Å². The molecule has 0 heterocycles. The zero-order valence-electron chi connectivity index (χ0n) is 7.76. The molecule has 2 heteroatoms. The predicted molar refractivity (Wildman–Crippen MR) is 45.9 cm³/mol. The van der Waals surface area contributed by atoms with Crippen LogP contribution in [-0.2, 0) is 9.47 Å². The van der Waals surface area contributed by atoms with E-state index in [1.165, 1.54) is 0 Å². The van der Waals surface area contributed by atoms with Gasteiger partial charge in [-0.25, -0.2) is 0 Å². The molecular formula is C9H17O2. The average Bonchev–Trinajstić information content (AvgIpc) is 1.84. The lowest BCUT2D eigenvalue weighted by atomic mass is 10.4. The van der Waals surface area contributed by atoms with Gasteiger partial charge in [-0.15, -0.1) is 0 Å². The van der Waals surface area contributed by atoms with Gasteiger partial charge < -0.3 is 9.47 Å². The Morgan fingerprint density at radius 2 is 1.45 bits per heavy atom. The smallest absolute Gasteiger partial charge is 0.248 e. The third kappa shape index (κ3) is 6.07. The molecule has 0 rings (SSSR count). The van der Waals surface area contributed by atoms with Crippen LogP contribution in [-0.4, -0.2) is 12.2 Å². The topological polar surface area (TPSA) is 18.5 Å². The summed E-state index contributed by atoms with van der Waals surface area (Å²) < 4.78 is 10.6. The molecular weight excluding hydrogens is 140 g/mol. The number of hydrogen-bond donors (Lipinski definition) is 0. The van der Waals surface area contributed by atoms with Crippen LogP contribution in [0.2, 0.25) is 0 Å². The highest BCUT2D eigenvalue weighted by molar-refractivity contribution is 4.89. The van der Waals surface area contributed by atoms with E-state index in [4.69, 9.17) is 9.47 Å². The Labute approximate surface area is 69.2 Å². The van der Waals surface area contributed by atoms with Gasteiger partial charge in [0.2, 0.25) is 6.29 Å². The minimum atomic E-state index is 0.141. The van der Waals surface area contributed by atoms with Crippen molar-refractivity contribution in [3.8, 4) is 0 Å². The van der Waals surface area contributed by atoms with Crippen LogP contribution in [0.5, 0.6) is 0 Å². The fraction of sp³-hybridized carbons (Fsp3) is 0.667. The average molecular weight is 157 g/mol. The summed E-state index contributed by atoms with van der Waals surface area (Å²) in [4.78, 5) is 0. The molecule has 0 aromatic rings. The van der Waals surface area contributed by atoms with Crippen molar-refractivity contribution >= 4 is 0 Å². The van der Waals surface area contributed by atoms with Crippen molar-refractivity contribution in [2.24, 2.45) is 0 Å². The summed E-state index contributed by atoms with van der Waals surface area (Å²) in [5.74, 6) is 0. The Bertz CT molecular complexity index is 98.1. The van der Waals surface area contributed by atoms with Gasteiger partial charge in [-0.05, 0) is 33.8 Å². The fourth-order valence-electron chi connectivity index (χ4n) is 0.589. The quantitative estimate of drug-likeness (QED) is 0.610. The summed E-state index contributed by atoms with van der Waals surface area (Å²) in [7, 11) is 0. The van der Waals surface area contributed by atoms with Gasteiger partial charge >= 0.3 is 0 Å². The molecule has 0 fully saturated rings. The van der Waals surface area contributed by atoms with Gasteiger partial charge in [-0.3, -0.25) is 0 Å². The molecule has 11 heavy (non-hydrogen) atoms. The SMILES string of the molecule is C=C[C](OC(C)C)OC(C)C. The maximum atomic E-state index is 5.29. The third-order valence-electron chi connectivity index (χ3n) is 0.870. The lowest BCUT2D eigenvalue weighted by Crippen LogP contribution is -2.15. The summed E-state index contributed by atoms with van der Waals surface area (Å²) in [6.07, 6.45) is 2.37. The molecule has 0 aliphatic heterocycles. The van der Waals surface area contributed by atoms with Gasteiger partial charge in [0.15, 0.2) is 0 Å². The molecule has 0 spiro atoms. The Morgan fingerprint density at radius 1 is 1.09 bits per heavy atom. The van der Waals surface area contributed by atoms with Crippen LogP contribution in [0.4, 0.5) is 0 Å². The van der Waals surface area contributed by atoms with Gasteiger partial charge in [0, 0.05) is 0 Å². The summed E-state index contributed by atoms with van der Waals surface area (Å²) in [5.41, 5.74) is 0. The molecule has 0 aliphatic rings. The molecule has 0 aromatic carbocycles. The van der Waals surface area contributed by atoms with Crippen molar-refractivity contribution in [3.05, 3.63) is 18.9 Å². The summed E-state index contributed by atoms with van der Waals surface area (Å²) in [5, 5.41) is 0. The molecule has 0 aromatic heterocycles. The van der Waals surface area contributed by atoms with Crippen molar-refractivity contribution in [2.45, 2.75) is 39.9 Å². The molecule has 0 amide bonds. The largest absolute Gasteiger partial charge is 0.339 e. The molecule has 65 valence electrons. The Hall–Kier alpha value is -0.340. The van der Waals surface area contributed by atoms with Crippen molar-refractivity contribution in [2.75, 3.05) is 0 Å². The van der Waals surface area contributed by atoms with Gasteiger partial charge in [-0.1, -0.05) is 6.58 Å². The monoisotopic (exact) mass is 157 g/mol. The van der Waals surface area contributed by atoms with Crippen LogP contribution >= 0.6 is 0 Å².